The first-order valence-corrected chi connectivity index (χ1v) is 9.65. The van der Waals surface area contributed by atoms with Gasteiger partial charge in [0, 0.05) is 12.1 Å². The van der Waals surface area contributed by atoms with E-state index in [1.165, 1.54) is 6.07 Å². The minimum Gasteiger partial charge on any atom is -0.309 e. The molecule has 30 heavy (non-hydrogen) atoms. The Kier molecular flexibility index (Phi) is 5.29. The predicted molar refractivity (Wildman–Crippen MR) is 111 cm³/mol. The molecule has 0 radical (unpaired) electrons. The van der Waals surface area contributed by atoms with Gasteiger partial charge in [0.2, 0.25) is 5.95 Å². The number of nitrogens with zero attached hydrogens (tertiary/aromatic N) is 4. The number of aromatic nitrogens is 4. The van der Waals surface area contributed by atoms with Crippen LogP contribution in [-0.4, -0.2) is 26.7 Å². The van der Waals surface area contributed by atoms with E-state index in [9.17, 15) is 13.2 Å². The Morgan fingerprint density at radius 3 is 2.47 bits per heavy atom. The van der Waals surface area contributed by atoms with Gasteiger partial charge in [0.05, 0.1) is 27.5 Å². The fourth-order valence-corrected chi connectivity index (χ4v) is 3.63. The monoisotopic (exact) mass is 451 g/mol. The van der Waals surface area contributed by atoms with E-state index < -0.39 is 11.7 Å². The number of nitrogens with one attached hydrogen (secondary N) is 1. The Bertz CT molecular complexity index is 1220. The van der Waals surface area contributed by atoms with Crippen molar-refractivity contribution >= 4 is 45.9 Å². The highest BCUT2D eigenvalue weighted by atomic mass is 35.5. The molecule has 0 spiro atoms. The van der Waals surface area contributed by atoms with Gasteiger partial charge in [-0.3, -0.25) is 5.10 Å². The third kappa shape index (κ3) is 3.68. The first-order valence-electron chi connectivity index (χ1n) is 8.90. The quantitative estimate of drug-likeness (QED) is 0.384. The van der Waals surface area contributed by atoms with Gasteiger partial charge in [-0.15, -0.1) is 0 Å². The lowest BCUT2D eigenvalue weighted by Crippen LogP contribution is -2.20. The van der Waals surface area contributed by atoms with Crippen molar-refractivity contribution in [1.82, 2.24) is 20.2 Å². The number of halogens is 5. The molecule has 0 atom stereocenters. The fourth-order valence-electron chi connectivity index (χ4n) is 3.12. The predicted octanol–water partition coefficient (Wildman–Crippen LogP) is 6.50. The molecular weight excluding hydrogens is 438 g/mol. The van der Waals surface area contributed by atoms with Gasteiger partial charge in [0.1, 0.15) is 16.7 Å². The minimum absolute atomic E-state index is 0.0538. The van der Waals surface area contributed by atoms with Crippen LogP contribution in [0.25, 0.3) is 22.3 Å². The molecular formula is C20H14Cl2F3N5. The van der Waals surface area contributed by atoms with Gasteiger partial charge in [0.25, 0.3) is 0 Å². The van der Waals surface area contributed by atoms with Crippen LogP contribution in [0, 0.1) is 0 Å². The number of anilines is 2. The van der Waals surface area contributed by atoms with Crippen LogP contribution >= 0.6 is 23.2 Å². The number of hydrogen-bond acceptors (Lipinski definition) is 4. The standard InChI is InChI=1S/C20H14Cl2F3N5/c1-2-30(16-8-7-11(9-14(16)22)20(23,24)25)19-27-15-10-26-29-18(15)17(28-19)12-5-3-4-6-13(12)21/h3-10H,2H2,1H3,(H,26,29). The molecule has 154 valence electrons. The third-order valence-electron chi connectivity index (χ3n) is 4.54. The van der Waals surface area contributed by atoms with Gasteiger partial charge in [-0.1, -0.05) is 41.4 Å². The topological polar surface area (TPSA) is 57.7 Å². The number of aromatic amines is 1. The van der Waals surface area contributed by atoms with Gasteiger partial charge >= 0.3 is 6.18 Å². The number of benzene rings is 2. The fraction of sp³-hybridized carbons (Fsp3) is 0.150. The summed E-state index contributed by atoms with van der Waals surface area (Å²) in [7, 11) is 0. The van der Waals surface area contributed by atoms with Crippen molar-refractivity contribution in [2.75, 3.05) is 11.4 Å². The second-order valence-electron chi connectivity index (χ2n) is 6.39. The van der Waals surface area contributed by atoms with Crippen molar-refractivity contribution in [2.24, 2.45) is 0 Å². The van der Waals surface area contributed by atoms with Gasteiger partial charge in [0.15, 0.2) is 0 Å². The Balaban J connectivity index is 1.87. The Labute approximate surface area is 179 Å². The number of rotatable bonds is 4. The summed E-state index contributed by atoms with van der Waals surface area (Å²) in [5, 5.41) is 7.34. The van der Waals surface area contributed by atoms with Crippen LogP contribution in [0.15, 0.2) is 48.7 Å². The summed E-state index contributed by atoms with van der Waals surface area (Å²) in [6.07, 6.45) is -2.94. The Morgan fingerprint density at radius 2 is 1.80 bits per heavy atom. The van der Waals surface area contributed by atoms with E-state index in [2.05, 4.69) is 20.2 Å². The SMILES string of the molecule is CCN(c1nc(-c2ccccc2Cl)c2[nH]ncc2n1)c1ccc(C(F)(F)F)cc1Cl. The minimum atomic E-state index is -4.48. The Morgan fingerprint density at radius 1 is 1.03 bits per heavy atom. The number of H-pyrrole nitrogens is 1. The van der Waals surface area contributed by atoms with Crippen LogP contribution in [0.3, 0.4) is 0 Å². The summed E-state index contributed by atoms with van der Waals surface area (Å²) in [5.74, 6) is 0.267. The first kappa shape index (κ1) is 20.4. The lowest BCUT2D eigenvalue weighted by molar-refractivity contribution is -0.137. The summed E-state index contributed by atoms with van der Waals surface area (Å²) in [5.41, 5.74) is 1.87. The van der Waals surface area contributed by atoms with E-state index in [4.69, 9.17) is 23.2 Å². The summed E-state index contributed by atoms with van der Waals surface area (Å²) >= 11 is 12.6. The zero-order chi connectivity index (χ0) is 21.5. The van der Waals surface area contributed by atoms with Crippen LogP contribution < -0.4 is 4.90 Å². The average molecular weight is 452 g/mol. The molecule has 2 aromatic heterocycles. The molecule has 4 rings (SSSR count). The van der Waals surface area contributed by atoms with Gasteiger partial charge in [-0.05, 0) is 31.2 Å². The van der Waals surface area contributed by atoms with E-state index in [1.54, 1.807) is 23.2 Å². The Hall–Kier alpha value is -2.84. The van der Waals surface area contributed by atoms with E-state index in [0.29, 0.717) is 39.5 Å². The molecule has 0 fully saturated rings. The van der Waals surface area contributed by atoms with Crippen LogP contribution in [0.4, 0.5) is 24.8 Å². The summed E-state index contributed by atoms with van der Waals surface area (Å²) in [4.78, 5) is 10.8. The van der Waals surface area contributed by atoms with Gasteiger partial charge in [-0.2, -0.15) is 18.3 Å². The molecule has 0 aliphatic rings. The van der Waals surface area contributed by atoms with Crippen molar-refractivity contribution in [3.8, 4) is 11.3 Å². The maximum Gasteiger partial charge on any atom is 0.416 e. The molecule has 0 saturated carbocycles. The van der Waals surface area contributed by atoms with E-state index >= 15 is 0 Å². The summed E-state index contributed by atoms with van der Waals surface area (Å²) in [6.45, 7) is 2.20. The van der Waals surface area contributed by atoms with Crippen LogP contribution in [0.2, 0.25) is 10.0 Å². The molecule has 5 nitrogen and oxygen atoms in total. The molecule has 1 N–H and O–H groups in total. The maximum absolute atomic E-state index is 13.0. The van der Waals surface area contributed by atoms with Gasteiger partial charge < -0.3 is 4.90 Å². The van der Waals surface area contributed by atoms with E-state index in [1.807, 2.05) is 19.1 Å². The molecule has 4 aromatic rings. The maximum atomic E-state index is 13.0. The van der Waals surface area contributed by atoms with Crippen molar-refractivity contribution in [2.45, 2.75) is 13.1 Å². The highest BCUT2D eigenvalue weighted by Crippen LogP contribution is 2.38. The number of fused-ring (bicyclic) bond motifs is 1. The molecule has 2 aromatic carbocycles. The van der Waals surface area contributed by atoms with Gasteiger partial charge in [-0.25, -0.2) is 9.97 Å². The normalized spacial score (nSPS) is 11.8. The average Bonchev–Trinajstić information content (AvgIpc) is 3.17. The second-order valence-corrected chi connectivity index (χ2v) is 7.20. The first-order chi connectivity index (χ1) is 14.3. The van der Waals surface area contributed by atoms with Crippen LogP contribution in [0.5, 0.6) is 0 Å². The molecule has 0 unspecified atom stereocenters. The molecule has 0 aliphatic heterocycles. The van der Waals surface area contributed by atoms with Crippen LogP contribution in [0.1, 0.15) is 12.5 Å². The van der Waals surface area contributed by atoms with Crippen molar-refractivity contribution < 1.29 is 13.2 Å². The zero-order valence-corrected chi connectivity index (χ0v) is 17.0. The largest absolute Gasteiger partial charge is 0.416 e. The lowest BCUT2D eigenvalue weighted by Gasteiger charge is -2.23. The van der Waals surface area contributed by atoms with E-state index in [0.717, 1.165) is 12.1 Å². The second kappa shape index (κ2) is 7.77. The zero-order valence-electron chi connectivity index (χ0n) is 15.5. The summed E-state index contributed by atoms with van der Waals surface area (Å²) in [6, 6.07) is 10.4. The van der Waals surface area contributed by atoms with Crippen molar-refractivity contribution in [3.05, 3.63) is 64.3 Å². The number of alkyl halides is 3. The highest BCUT2D eigenvalue weighted by molar-refractivity contribution is 6.34. The van der Waals surface area contributed by atoms with Crippen LogP contribution in [-0.2, 0) is 6.18 Å². The molecule has 0 saturated heterocycles. The molecule has 0 amide bonds. The molecule has 2 heterocycles. The summed E-state index contributed by atoms with van der Waals surface area (Å²) < 4.78 is 39.0. The lowest BCUT2D eigenvalue weighted by atomic mass is 10.1. The molecule has 0 bridgehead atoms. The van der Waals surface area contributed by atoms with Crippen molar-refractivity contribution in [3.63, 3.8) is 0 Å². The molecule has 10 heteroatoms. The van der Waals surface area contributed by atoms with Crippen molar-refractivity contribution in [1.29, 1.82) is 0 Å². The highest BCUT2D eigenvalue weighted by Gasteiger charge is 2.31. The van der Waals surface area contributed by atoms with E-state index in [-0.39, 0.29) is 11.0 Å². The molecule has 0 aliphatic carbocycles. The third-order valence-corrected chi connectivity index (χ3v) is 5.17. The smallest absolute Gasteiger partial charge is 0.309 e. The number of hydrogen-bond donors (Lipinski definition) is 1.